The van der Waals surface area contributed by atoms with E-state index in [-0.39, 0.29) is 0 Å². The van der Waals surface area contributed by atoms with Gasteiger partial charge in [0.25, 0.3) is 0 Å². The molecular weight excluding hydrogens is 246 g/mol. The van der Waals surface area contributed by atoms with Crippen molar-refractivity contribution in [2.75, 3.05) is 6.54 Å². The number of aromatic nitrogens is 2. The largest absolute Gasteiger partial charge is 0.335 e. The Morgan fingerprint density at radius 1 is 1.20 bits per heavy atom. The Morgan fingerprint density at radius 2 is 1.80 bits per heavy atom. The average Bonchev–Trinajstić information content (AvgIpc) is 2.77. The summed E-state index contributed by atoms with van der Waals surface area (Å²) in [7, 11) is 2.23. The molecule has 1 aromatic rings. The summed E-state index contributed by atoms with van der Waals surface area (Å²) in [5, 5.41) is 0. The van der Waals surface area contributed by atoms with Crippen LogP contribution in [0, 0.1) is 17.8 Å². The van der Waals surface area contributed by atoms with Crippen LogP contribution in [-0.2, 0) is 18.9 Å². The summed E-state index contributed by atoms with van der Waals surface area (Å²) in [6, 6.07) is 0. The third-order valence-electron chi connectivity index (χ3n) is 6.27. The first-order chi connectivity index (χ1) is 9.70. The van der Waals surface area contributed by atoms with Crippen molar-refractivity contribution in [2.24, 2.45) is 30.5 Å². The van der Waals surface area contributed by atoms with E-state index in [1.54, 1.807) is 0 Å². The fourth-order valence-corrected chi connectivity index (χ4v) is 5.86. The van der Waals surface area contributed by atoms with Gasteiger partial charge in [0.1, 0.15) is 5.82 Å². The van der Waals surface area contributed by atoms with Crippen molar-refractivity contribution in [1.82, 2.24) is 9.55 Å². The minimum absolute atomic E-state index is 0.470. The van der Waals surface area contributed by atoms with Crippen LogP contribution in [0.5, 0.6) is 0 Å². The van der Waals surface area contributed by atoms with Crippen molar-refractivity contribution in [1.29, 1.82) is 0 Å². The van der Waals surface area contributed by atoms with Gasteiger partial charge in [-0.05, 0) is 69.2 Å². The zero-order valence-electron chi connectivity index (χ0n) is 12.6. The molecule has 3 heteroatoms. The zero-order valence-corrected chi connectivity index (χ0v) is 12.6. The molecule has 3 nitrogen and oxygen atoms in total. The lowest BCUT2D eigenvalue weighted by atomic mass is 9.49. The second kappa shape index (κ2) is 4.59. The van der Waals surface area contributed by atoms with Crippen LogP contribution in [0.1, 0.15) is 56.5 Å². The molecule has 20 heavy (non-hydrogen) atoms. The Balaban J connectivity index is 1.65. The van der Waals surface area contributed by atoms with Gasteiger partial charge in [-0.1, -0.05) is 0 Å². The van der Waals surface area contributed by atoms with Gasteiger partial charge in [0.15, 0.2) is 0 Å². The first-order valence-electron chi connectivity index (χ1n) is 8.41. The Labute approximate surface area is 122 Å². The highest BCUT2D eigenvalue weighted by Crippen LogP contribution is 2.60. The minimum atomic E-state index is 0.470. The van der Waals surface area contributed by atoms with E-state index in [0.717, 1.165) is 37.1 Å². The number of imidazole rings is 1. The second-order valence-corrected chi connectivity index (χ2v) is 7.71. The van der Waals surface area contributed by atoms with E-state index in [2.05, 4.69) is 17.8 Å². The molecule has 0 saturated heterocycles. The van der Waals surface area contributed by atoms with Crippen molar-refractivity contribution in [2.45, 2.75) is 56.8 Å². The molecule has 0 spiro atoms. The van der Waals surface area contributed by atoms with Crippen LogP contribution >= 0.6 is 0 Å². The smallest absolute Gasteiger partial charge is 0.108 e. The quantitative estimate of drug-likeness (QED) is 0.916. The summed E-state index contributed by atoms with van der Waals surface area (Å²) in [6.07, 6.45) is 13.1. The Bertz CT molecular complexity index is 467. The molecule has 0 amide bonds. The van der Waals surface area contributed by atoms with Crippen LogP contribution in [0.25, 0.3) is 0 Å². The summed E-state index contributed by atoms with van der Waals surface area (Å²) in [5.74, 6) is 4.25. The number of rotatable bonds is 4. The van der Waals surface area contributed by atoms with Crippen LogP contribution in [0.15, 0.2) is 6.20 Å². The van der Waals surface area contributed by atoms with E-state index in [1.165, 1.54) is 50.0 Å². The van der Waals surface area contributed by atoms with Gasteiger partial charge in [0.05, 0.1) is 0 Å². The van der Waals surface area contributed by atoms with Crippen LogP contribution in [0.3, 0.4) is 0 Å². The Hall–Kier alpha value is -0.830. The molecule has 0 aromatic carbocycles. The van der Waals surface area contributed by atoms with E-state index in [9.17, 15) is 0 Å². The maximum atomic E-state index is 5.64. The van der Waals surface area contributed by atoms with E-state index in [0.29, 0.717) is 5.41 Å². The molecule has 2 N–H and O–H groups in total. The zero-order chi connectivity index (χ0) is 13.7. The Kier molecular flexibility index (Phi) is 2.95. The molecule has 1 heterocycles. The summed E-state index contributed by atoms with van der Waals surface area (Å²) >= 11 is 0. The highest BCUT2D eigenvalue weighted by atomic mass is 15.1. The van der Waals surface area contributed by atoms with Crippen molar-refractivity contribution in [3.05, 3.63) is 17.7 Å². The second-order valence-electron chi connectivity index (χ2n) is 7.71. The fraction of sp³-hybridized carbons (Fsp3) is 0.824. The third-order valence-corrected chi connectivity index (χ3v) is 6.27. The van der Waals surface area contributed by atoms with Gasteiger partial charge < -0.3 is 10.3 Å². The number of nitrogens with two attached hydrogens (primary N) is 1. The van der Waals surface area contributed by atoms with Crippen molar-refractivity contribution in [3.8, 4) is 0 Å². The molecule has 4 bridgehead atoms. The van der Waals surface area contributed by atoms with Gasteiger partial charge in [0, 0.05) is 30.8 Å². The van der Waals surface area contributed by atoms with Gasteiger partial charge >= 0.3 is 0 Å². The van der Waals surface area contributed by atoms with Crippen LogP contribution in [0.2, 0.25) is 0 Å². The molecule has 4 aliphatic carbocycles. The standard InChI is InChI=1S/C17H27N3/c1-20-15(11-19-16(20)3-2-4-18)17-8-12-5-13(9-17)7-14(6-12)10-17/h11-14H,2-10,18H2,1H3. The highest BCUT2D eigenvalue weighted by molar-refractivity contribution is 5.23. The molecular formula is C17H27N3. The third kappa shape index (κ3) is 1.86. The highest BCUT2D eigenvalue weighted by Gasteiger charge is 2.52. The maximum Gasteiger partial charge on any atom is 0.108 e. The maximum absolute atomic E-state index is 5.64. The monoisotopic (exact) mass is 273 g/mol. The molecule has 5 rings (SSSR count). The first-order valence-corrected chi connectivity index (χ1v) is 8.41. The van der Waals surface area contributed by atoms with Crippen LogP contribution < -0.4 is 5.73 Å². The predicted molar refractivity (Wildman–Crippen MR) is 80.4 cm³/mol. The van der Waals surface area contributed by atoms with Crippen molar-refractivity contribution in [3.63, 3.8) is 0 Å². The molecule has 1 aromatic heterocycles. The normalized spacial score (nSPS) is 38.6. The van der Waals surface area contributed by atoms with Crippen molar-refractivity contribution >= 4 is 0 Å². The molecule has 4 aliphatic rings. The van der Waals surface area contributed by atoms with Crippen LogP contribution in [-0.4, -0.2) is 16.1 Å². The molecule has 0 radical (unpaired) electrons. The summed E-state index contributed by atoms with van der Waals surface area (Å²) < 4.78 is 2.41. The van der Waals surface area contributed by atoms with Gasteiger partial charge in [-0.25, -0.2) is 4.98 Å². The summed E-state index contributed by atoms with van der Waals surface area (Å²) in [6.45, 7) is 0.763. The minimum Gasteiger partial charge on any atom is -0.335 e. The topological polar surface area (TPSA) is 43.8 Å². The molecule has 4 saturated carbocycles. The average molecular weight is 273 g/mol. The van der Waals surface area contributed by atoms with E-state index >= 15 is 0 Å². The molecule has 0 atom stereocenters. The van der Waals surface area contributed by atoms with Gasteiger partial charge in [0.2, 0.25) is 0 Å². The predicted octanol–water partition coefficient (Wildman–Crippen LogP) is 2.78. The lowest BCUT2D eigenvalue weighted by Crippen LogP contribution is -2.49. The SMILES string of the molecule is Cn1c(C23CC4CC(CC(C4)C2)C3)cnc1CCCN. The lowest BCUT2D eigenvalue weighted by molar-refractivity contribution is -0.00853. The number of hydrogen-bond donors (Lipinski definition) is 1. The molecule has 4 fully saturated rings. The van der Waals surface area contributed by atoms with E-state index in [1.807, 2.05) is 0 Å². The van der Waals surface area contributed by atoms with Gasteiger partial charge in [-0.3, -0.25) is 0 Å². The van der Waals surface area contributed by atoms with E-state index in [4.69, 9.17) is 10.7 Å². The van der Waals surface area contributed by atoms with Gasteiger partial charge in [-0.2, -0.15) is 0 Å². The van der Waals surface area contributed by atoms with Crippen LogP contribution in [0.4, 0.5) is 0 Å². The number of hydrogen-bond acceptors (Lipinski definition) is 2. The lowest BCUT2D eigenvalue weighted by Gasteiger charge is -2.56. The van der Waals surface area contributed by atoms with E-state index < -0.39 is 0 Å². The number of nitrogens with zero attached hydrogens (tertiary/aromatic N) is 2. The fourth-order valence-electron chi connectivity index (χ4n) is 5.86. The summed E-state index contributed by atoms with van der Waals surface area (Å²) in [5.41, 5.74) is 7.64. The molecule has 0 unspecified atom stereocenters. The van der Waals surface area contributed by atoms with Crippen molar-refractivity contribution < 1.29 is 0 Å². The molecule has 0 aliphatic heterocycles. The number of aryl methyl sites for hydroxylation is 1. The summed E-state index contributed by atoms with van der Waals surface area (Å²) in [4.78, 5) is 4.72. The van der Waals surface area contributed by atoms with Gasteiger partial charge in [-0.15, -0.1) is 0 Å². The molecule has 110 valence electrons. The Morgan fingerprint density at radius 3 is 2.35 bits per heavy atom. The first kappa shape index (κ1) is 12.9.